The molecule has 0 spiro atoms. The minimum Gasteiger partial charge on any atom is -0.490 e. The Hall–Kier alpha value is -1.46. The van der Waals surface area contributed by atoms with Gasteiger partial charge in [-0.25, -0.2) is 0 Å². The number of carboxylic acid groups (broad SMARTS) is 1. The highest BCUT2D eigenvalue weighted by Gasteiger charge is 2.13. The molecule has 0 aromatic rings. The van der Waals surface area contributed by atoms with Crippen molar-refractivity contribution in [3.63, 3.8) is 0 Å². The standard InChI is InChI=1S/C4H6N2O4/c1-2-10-4(9)6(5)3(7)8/h2H2,1H3,(H,7,8)/p-1. The third kappa shape index (κ3) is 2.21. The third-order valence-electron chi connectivity index (χ3n) is 0.614. The second-order valence-electron chi connectivity index (χ2n) is 1.28. The Kier molecular flexibility index (Phi) is 3.03. The van der Waals surface area contributed by atoms with Crippen LogP contribution in [0.4, 0.5) is 9.59 Å². The average molecular weight is 145 g/mol. The molecule has 0 aromatic heterocycles. The molecule has 6 heteroatoms. The van der Waals surface area contributed by atoms with E-state index >= 15 is 0 Å². The van der Waals surface area contributed by atoms with Gasteiger partial charge in [-0.2, -0.15) is 9.49 Å². The summed E-state index contributed by atoms with van der Waals surface area (Å²) in [6, 6.07) is 0. The molecule has 6 nitrogen and oxygen atoms in total. The van der Waals surface area contributed by atoms with Crippen LogP contribution >= 0.6 is 0 Å². The predicted octanol–water partition coefficient (Wildman–Crippen LogP) is -0.480. The van der Waals surface area contributed by atoms with Crippen molar-refractivity contribution in [2.24, 2.45) is 0 Å². The average Bonchev–Trinajstić information content (AvgIpc) is 1.87. The van der Waals surface area contributed by atoms with Crippen molar-refractivity contribution in [2.45, 2.75) is 6.92 Å². The monoisotopic (exact) mass is 145 g/mol. The molecule has 0 fully saturated rings. The SMILES string of the molecule is CCOC(=O)[N+](=[N-])C(=O)[O-]. The molecule has 0 saturated heterocycles. The fraction of sp³-hybridized carbons (Fsp3) is 0.500. The summed E-state index contributed by atoms with van der Waals surface area (Å²) in [4.78, 5) is 19.9. The van der Waals surface area contributed by atoms with Crippen LogP contribution in [0.3, 0.4) is 0 Å². The first-order valence-corrected chi connectivity index (χ1v) is 2.46. The van der Waals surface area contributed by atoms with Crippen LogP contribution in [0.25, 0.3) is 5.53 Å². The molecule has 0 atom stereocenters. The molecule has 0 bridgehead atoms. The van der Waals surface area contributed by atoms with E-state index in [1.165, 1.54) is 6.92 Å². The Morgan fingerprint density at radius 1 is 1.70 bits per heavy atom. The van der Waals surface area contributed by atoms with Crippen LogP contribution in [-0.2, 0) is 4.74 Å². The summed E-state index contributed by atoms with van der Waals surface area (Å²) in [6.45, 7) is 1.46. The van der Waals surface area contributed by atoms with Crippen molar-refractivity contribution in [1.29, 1.82) is 0 Å². The molecular formula is C4H5N2O4-. The van der Waals surface area contributed by atoms with Gasteiger partial charge in [-0.05, 0) is 6.92 Å². The lowest BCUT2D eigenvalue weighted by molar-refractivity contribution is -0.472. The van der Waals surface area contributed by atoms with E-state index in [0.717, 1.165) is 0 Å². The molecule has 10 heavy (non-hydrogen) atoms. The lowest BCUT2D eigenvalue weighted by Crippen LogP contribution is -2.36. The normalized spacial score (nSPS) is 8.50. The zero-order valence-electron chi connectivity index (χ0n) is 5.23. The van der Waals surface area contributed by atoms with Crippen LogP contribution in [0.1, 0.15) is 6.92 Å². The highest BCUT2D eigenvalue weighted by molar-refractivity contribution is 5.70. The molecule has 0 saturated carbocycles. The van der Waals surface area contributed by atoms with E-state index in [0.29, 0.717) is 0 Å². The van der Waals surface area contributed by atoms with Crippen LogP contribution in [0.2, 0.25) is 0 Å². The van der Waals surface area contributed by atoms with E-state index in [-0.39, 0.29) is 6.61 Å². The molecule has 56 valence electrons. The van der Waals surface area contributed by atoms with Crippen LogP contribution in [0.5, 0.6) is 0 Å². The fourth-order valence-corrected chi connectivity index (χ4v) is 0.259. The number of hydrogen-bond donors (Lipinski definition) is 0. The maximum Gasteiger partial charge on any atom is 0.592 e. The molecule has 0 heterocycles. The van der Waals surface area contributed by atoms with E-state index in [2.05, 4.69) is 4.74 Å². The molecule has 0 aliphatic rings. The Balaban J connectivity index is 3.96. The summed E-state index contributed by atoms with van der Waals surface area (Å²) in [5.41, 5.74) is 8.22. The van der Waals surface area contributed by atoms with Gasteiger partial charge in [-0.1, -0.05) is 0 Å². The quantitative estimate of drug-likeness (QED) is 0.368. The molecule has 0 unspecified atom stereocenters. The maximum atomic E-state index is 10.2. The highest BCUT2D eigenvalue weighted by Crippen LogP contribution is 1.83. The van der Waals surface area contributed by atoms with Gasteiger partial charge in [0.25, 0.3) is 0 Å². The Labute approximate surface area is 56.5 Å². The zero-order chi connectivity index (χ0) is 8.15. The topological polar surface area (TPSA) is 91.7 Å². The van der Waals surface area contributed by atoms with E-state index in [9.17, 15) is 14.7 Å². The molecule has 0 radical (unpaired) electrons. The van der Waals surface area contributed by atoms with Crippen molar-refractivity contribution in [3.05, 3.63) is 5.53 Å². The van der Waals surface area contributed by atoms with Crippen molar-refractivity contribution >= 4 is 12.2 Å². The number of rotatable bonds is 1. The van der Waals surface area contributed by atoms with Gasteiger partial charge in [0.2, 0.25) is 0 Å². The van der Waals surface area contributed by atoms with Gasteiger partial charge in [0.1, 0.15) is 0 Å². The Morgan fingerprint density at radius 2 is 2.20 bits per heavy atom. The van der Waals surface area contributed by atoms with Crippen molar-refractivity contribution in [2.75, 3.05) is 6.61 Å². The minimum absolute atomic E-state index is 0.0107. The molecular weight excluding hydrogens is 140 g/mol. The zero-order valence-corrected chi connectivity index (χ0v) is 5.23. The van der Waals surface area contributed by atoms with Gasteiger partial charge >= 0.3 is 12.2 Å². The highest BCUT2D eigenvalue weighted by atomic mass is 16.6. The lowest BCUT2D eigenvalue weighted by Gasteiger charge is -2.00. The molecule has 0 rings (SSSR count). The number of amides is 2. The first-order valence-electron chi connectivity index (χ1n) is 2.46. The second-order valence-corrected chi connectivity index (χ2v) is 1.28. The summed E-state index contributed by atoms with van der Waals surface area (Å²) in [5.74, 6) is 0. The van der Waals surface area contributed by atoms with Crippen molar-refractivity contribution in [1.82, 2.24) is 0 Å². The van der Waals surface area contributed by atoms with E-state index < -0.39 is 16.9 Å². The predicted molar refractivity (Wildman–Crippen MR) is 26.0 cm³/mol. The molecule has 0 aliphatic carbocycles. The first kappa shape index (κ1) is 8.54. The van der Waals surface area contributed by atoms with Crippen LogP contribution in [-0.4, -0.2) is 23.5 Å². The number of carbonyl (C=O) groups is 2. The van der Waals surface area contributed by atoms with E-state index in [1.54, 1.807) is 0 Å². The number of ether oxygens (including phenoxy) is 1. The summed E-state index contributed by atoms with van der Waals surface area (Å²) >= 11 is 0. The van der Waals surface area contributed by atoms with E-state index in [4.69, 9.17) is 5.53 Å². The van der Waals surface area contributed by atoms with Gasteiger partial charge in [0, 0.05) is 0 Å². The number of carbonyl (C=O) groups excluding carboxylic acids is 2. The summed E-state index contributed by atoms with van der Waals surface area (Å²) < 4.78 is 3.45. The number of hydrogen-bond acceptors (Lipinski definition) is 4. The molecule has 2 amide bonds. The van der Waals surface area contributed by atoms with Crippen LogP contribution in [0, 0.1) is 0 Å². The van der Waals surface area contributed by atoms with Crippen LogP contribution in [0.15, 0.2) is 0 Å². The summed E-state index contributed by atoms with van der Waals surface area (Å²) in [7, 11) is 0. The molecule has 0 aromatic carbocycles. The third-order valence-corrected chi connectivity index (χ3v) is 0.614. The maximum absolute atomic E-state index is 10.2. The second kappa shape index (κ2) is 3.54. The van der Waals surface area contributed by atoms with Gasteiger partial charge in [-0.3, -0.25) is 0 Å². The van der Waals surface area contributed by atoms with Gasteiger partial charge < -0.3 is 20.2 Å². The van der Waals surface area contributed by atoms with Gasteiger partial charge in [-0.15, -0.1) is 0 Å². The Morgan fingerprint density at radius 3 is 2.50 bits per heavy atom. The van der Waals surface area contributed by atoms with Gasteiger partial charge in [0.05, 0.1) is 6.61 Å². The first-order chi connectivity index (χ1) is 4.59. The van der Waals surface area contributed by atoms with Crippen LogP contribution < -0.4 is 5.11 Å². The fourth-order valence-electron chi connectivity index (χ4n) is 0.259. The number of imide groups is 1. The van der Waals surface area contributed by atoms with Crippen molar-refractivity contribution < 1.29 is 24.1 Å². The summed E-state index contributed by atoms with van der Waals surface area (Å²) in [6.07, 6.45) is -3.37. The summed E-state index contributed by atoms with van der Waals surface area (Å²) in [5, 5.41) is 9.68. The molecule has 0 N–H and O–H groups in total. The minimum atomic E-state index is -2.02. The largest absolute Gasteiger partial charge is 0.592 e. The van der Waals surface area contributed by atoms with Crippen molar-refractivity contribution in [3.8, 4) is 0 Å². The smallest absolute Gasteiger partial charge is 0.490 e. The Bertz CT molecular complexity index is 176. The number of nitrogens with zero attached hydrogens (tertiary/aromatic N) is 2. The lowest BCUT2D eigenvalue weighted by atomic mass is 10.8. The molecule has 0 aliphatic heterocycles. The van der Waals surface area contributed by atoms with Gasteiger partial charge in [0.15, 0.2) is 0 Å². The van der Waals surface area contributed by atoms with E-state index in [1.807, 2.05) is 0 Å².